The van der Waals surface area contributed by atoms with Crippen LogP contribution in [0.5, 0.6) is 0 Å². The van der Waals surface area contributed by atoms with Crippen molar-refractivity contribution in [3.8, 4) is 0 Å². The molecule has 1 aliphatic carbocycles. The van der Waals surface area contributed by atoms with Crippen molar-refractivity contribution in [3.63, 3.8) is 0 Å². The number of benzene rings is 1. The minimum atomic E-state index is -0.751. The summed E-state index contributed by atoms with van der Waals surface area (Å²) in [7, 11) is 0. The number of esters is 1. The molecule has 0 heterocycles. The Hall–Kier alpha value is -2.89. The third kappa shape index (κ3) is 7.90. The van der Waals surface area contributed by atoms with Crippen LogP contribution < -0.4 is 10.6 Å². The quantitative estimate of drug-likeness (QED) is 0.419. The van der Waals surface area contributed by atoms with E-state index in [1.54, 1.807) is 12.1 Å². The molecule has 6 heteroatoms. The molecule has 2 amide bonds. The monoisotopic (exact) mass is 370 g/mol. The third-order valence-corrected chi connectivity index (χ3v) is 4.13. The molecule has 1 aromatic rings. The van der Waals surface area contributed by atoms with Crippen LogP contribution in [-0.4, -0.2) is 30.9 Å². The lowest BCUT2D eigenvalue weighted by Crippen LogP contribution is -2.32. The topological polar surface area (TPSA) is 84.5 Å². The van der Waals surface area contributed by atoms with Crippen LogP contribution in [0.3, 0.4) is 0 Å². The Morgan fingerprint density at radius 2 is 1.93 bits per heavy atom. The molecule has 0 fully saturated rings. The van der Waals surface area contributed by atoms with Crippen LogP contribution in [0.4, 0.5) is 0 Å². The predicted molar refractivity (Wildman–Crippen MR) is 103 cm³/mol. The number of carbonyl (C=O) groups is 3. The van der Waals surface area contributed by atoms with Gasteiger partial charge in [-0.3, -0.25) is 9.59 Å². The lowest BCUT2D eigenvalue weighted by molar-refractivity contribution is -0.145. The Balaban J connectivity index is 1.81. The van der Waals surface area contributed by atoms with Crippen molar-refractivity contribution in [2.75, 3.05) is 13.2 Å². The second-order valence-electron chi connectivity index (χ2n) is 6.43. The number of hydrogen-bond donors (Lipinski definition) is 2. The molecule has 0 aromatic heterocycles. The lowest BCUT2D eigenvalue weighted by atomic mass is 9.97. The van der Waals surface area contributed by atoms with Crippen molar-refractivity contribution >= 4 is 23.9 Å². The summed E-state index contributed by atoms with van der Waals surface area (Å²) in [5, 5.41) is 5.20. The van der Waals surface area contributed by atoms with Gasteiger partial charge in [-0.05, 0) is 43.7 Å². The summed E-state index contributed by atoms with van der Waals surface area (Å²) in [6, 6.07) is 9.07. The summed E-state index contributed by atoms with van der Waals surface area (Å²) in [5.41, 5.74) is 2.11. The van der Waals surface area contributed by atoms with Crippen LogP contribution in [0.1, 0.15) is 44.6 Å². The zero-order valence-electron chi connectivity index (χ0n) is 15.6. The van der Waals surface area contributed by atoms with Gasteiger partial charge in [0.1, 0.15) is 5.70 Å². The maximum Gasteiger partial charge on any atom is 0.355 e. The van der Waals surface area contributed by atoms with E-state index in [9.17, 15) is 14.4 Å². The van der Waals surface area contributed by atoms with Gasteiger partial charge in [-0.15, -0.1) is 0 Å². The molecular weight excluding hydrogens is 344 g/mol. The molecule has 0 unspecified atom stereocenters. The van der Waals surface area contributed by atoms with Crippen LogP contribution in [0, 0.1) is 0 Å². The smallest absolute Gasteiger partial charge is 0.355 e. The highest BCUT2D eigenvalue weighted by molar-refractivity contribution is 5.98. The van der Waals surface area contributed by atoms with Gasteiger partial charge in [0, 0.05) is 13.5 Å². The maximum atomic E-state index is 12.2. The second-order valence-corrected chi connectivity index (χ2v) is 6.43. The summed E-state index contributed by atoms with van der Waals surface area (Å²) in [6.45, 7) is 1.45. The molecule has 0 atom stereocenters. The van der Waals surface area contributed by atoms with E-state index in [0.717, 1.165) is 24.8 Å². The van der Waals surface area contributed by atoms with E-state index in [-0.39, 0.29) is 24.1 Å². The van der Waals surface area contributed by atoms with Gasteiger partial charge in [-0.25, -0.2) is 4.79 Å². The predicted octanol–water partition coefficient (Wildman–Crippen LogP) is 2.71. The van der Waals surface area contributed by atoms with Crippen molar-refractivity contribution < 1.29 is 19.1 Å². The first-order chi connectivity index (χ1) is 13.0. The van der Waals surface area contributed by atoms with Gasteiger partial charge in [-0.1, -0.05) is 42.0 Å². The molecule has 0 aliphatic heterocycles. The van der Waals surface area contributed by atoms with Gasteiger partial charge in [0.15, 0.2) is 6.61 Å². The number of amides is 2. The Morgan fingerprint density at radius 1 is 1.15 bits per heavy atom. The van der Waals surface area contributed by atoms with Gasteiger partial charge in [0.25, 0.3) is 5.91 Å². The Bertz CT molecular complexity index is 723. The summed E-state index contributed by atoms with van der Waals surface area (Å²) in [6.07, 6.45) is 9.22. The average Bonchev–Trinajstić information content (AvgIpc) is 2.67. The van der Waals surface area contributed by atoms with Crippen LogP contribution in [0.2, 0.25) is 0 Å². The lowest BCUT2D eigenvalue weighted by Gasteiger charge is -2.13. The van der Waals surface area contributed by atoms with E-state index < -0.39 is 5.97 Å². The maximum absolute atomic E-state index is 12.2. The fourth-order valence-electron chi connectivity index (χ4n) is 2.81. The molecule has 0 radical (unpaired) electrons. The highest BCUT2D eigenvalue weighted by Crippen LogP contribution is 2.19. The highest BCUT2D eigenvalue weighted by atomic mass is 16.5. The van der Waals surface area contributed by atoms with E-state index in [0.29, 0.717) is 6.54 Å². The minimum absolute atomic E-state index is 0.00568. The number of carbonyl (C=O) groups excluding carboxylic acids is 3. The number of ether oxygens (including phenoxy) is 1. The van der Waals surface area contributed by atoms with E-state index in [2.05, 4.69) is 16.7 Å². The van der Waals surface area contributed by atoms with Gasteiger partial charge >= 0.3 is 5.97 Å². The Kier molecular flexibility index (Phi) is 8.29. The molecule has 27 heavy (non-hydrogen) atoms. The van der Waals surface area contributed by atoms with Crippen LogP contribution >= 0.6 is 0 Å². The van der Waals surface area contributed by atoms with Crippen molar-refractivity contribution in [1.29, 1.82) is 0 Å². The largest absolute Gasteiger partial charge is 0.451 e. The molecule has 6 nitrogen and oxygen atoms in total. The Morgan fingerprint density at radius 3 is 2.59 bits per heavy atom. The molecule has 2 N–H and O–H groups in total. The normalized spacial score (nSPS) is 14.1. The van der Waals surface area contributed by atoms with E-state index in [1.807, 2.05) is 18.2 Å². The fourth-order valence-corrected chi connectivity index (χ4v) is 2.81. The van der Waals surface area contributed by atoms with Crippen LogP contribution in [-0.2, 0) is 19.1 Å². The van der Waals surface area contributed by atoms with Crippen molar-refractivity contribution in [3.05, 3.63) is 53.2 Å². The molecule has 0 bridgehead atoms. The number of rotatable bonds is 8. The second kappa shape index (κ2) is 11.0. The molecule has 144 valence electrons. The first kappa shape index (κ1) is 20.4. The molecular formula is C21H26N2O4. The van der Waals surface area contributed by atoms with Crippen LogP contribution in [0.15, 0.2) is 47.7 Å². The van der Waals surface area contributed by atoms with E-state index >= 15 is 0 Å². The minimum Gasteiger partial charge on any atom is -0.451 e. The molecule has 0 spiro atoms. The van der Waals surface area contributed by atoms with Gasteiger partial charge < -0.3 is 15.4 Å². The summed E-state index contributed by atoms with van der Waals surface area (Å²) < 4.78 is 5.03. The first-order valence-corrected chi connectivity index (χ1v) is 9.20. The zero-order chi connectivity index (χ0) is 19.5. The van der Waals surface area contributed by atoms with Gasteiger partial charge in [0.2, 0.25) is 5.91 Å². The van der Waals surface area contributed by atoms with Gasteiger partial charge in [0.05, 0.1) is 0 Å². The van der Waals surface area contributed by atoms with Crippen molar-refractivity contribution in [2.45, 2.75) is 39.0 Å². The average molecular weight is 370 g/mol. The molecule has 0 saturated heterocycles. The van der Waals surface area contributed by atoms with Crippen molar-refractivity contribution in [1.82, 2.24) is 10.6 Å². The van der Waals surface area contributed by atoms with Crippen LogP contribution in [0.25, 0.3) is 6.08 Å². The fraction of sp³-hybridized carbons (Fsp3) is 0.381. The van der Waals surface area contributed by atoms with E-state index in [1.165, 1.54) is 31.4 Å². The number of allylic oxidation sites excluding steroid dienone is 1. The number of hydrogen-bond acceptors (Lipinski definition) is 4. The highest BCUT2D eigenvalue weighted by Gasteiger charge is 2.15. The number of nitrogens with one attached hydrogen (secondary N) is 2. The molecule has 0 saturated carbocycles. The SMILES string of the molecule is CC(=O)N/C(=C\c1ccccc1)C(=O)OCC(=O)NCCC1=CCCCC1. The zero-order valence-corrected chi connectivity index (χ0v) is 15.6. The third-order valence-electron chi connectivity index (χ3n) is 4.13. The molecule has 1 aromatic carbocycles. The Labute approximate surface area is 159 Å². The molecule has 2 rings (SSSR count). The van der Waals surface area contributed by atoms with E-state index in [4.69, 9.17) is 4.74 Å². The summed E-state index contributed by atoms with van der Waals surface area (Å²) in [4.78, 5) is 35.4. The van der Waals surface area contributed by atoms with Gasteiger partial charge in [-0.2, -0.15) is 0 Å². The summed E-state index contributed by atoms with van der Waals surface area (Å²) >= 11 is 0. The standard InChI is InChI=1S/C21H26N2O4/c1-16(24)23-19(14-18-10-6-3-7-11-18)21(26)27-15-20(25)22-13-12-17-8-4-2-5-9-17/h3,6-8,10-11,14H,2,4-5,9,12-13,15H2,1H3,(H,22,25)(H,23,24)/b19-14-. The molecule has 1 aliphatic rings. The van der Waals surface area contributed by atoms with Crippen molar-refractivity contribution in [2.24, 2.45) is 0 Å². The summed E-state index contributed by atoms with van der Waals surface area (Å²) in [5.74, 6) is -1.50. The first-order valence-electron chi connectivity index (χ1n) is 9.20.